The van der Waals surface area contributed by atoms with Crippen molar-refractivity contribution in [2.24, 2.45) is 23.7 Å². The summed E-state index contributed by atoms with van der Waals surface area (Å²) in [5.74, 6) is -0.717. The number of benzene rings is 7. The zero-order valence-electron chi connectivity index (χ0n) is 74.8. The number of carbonyl (C=O) groups is 2. The van der Waals surface area contributed by atoms with Crippen molar-refractivity contribution in [3.8, 4) is 67.0 Å². The van der Waals surface area contributed by atoms with Gasteiger partial charge in [0, 0.05) is 61.6 Å². The van der Waals surface area contributed by atoms with Gasteiger partial charge in [-0.25, -0.2) is 39.5 Å². The second kappa shape index (κ2) is 25.0. The molecular formula is C107H112N8O5. The number of nitrogens with one attached hydrogen (secondary N) is 2. The molecule has 8 heterocycles. The van der Waals surface area contributed by atoms with E-state index < -0.39 is 23.1 Å². The van der Waals surface area contributed by atoms with Crippen LogP contribution in [0.5, 0.6) is 0 Å². The molecule has 120 heavy (non-hydrogen) atoms. The minimum absolute atomic E-state index is 0.119. The molecule has 5 unspecified atom stereocenters. The number of aromatic amines is 2. The minimum atomic E-state index is -1.32. The average Bonchev–Trinajstić information content (AvgIpc) is 1.42. The first-order valence-electron chi connectivity index (χ1n) is 43.3. The molecular weight excluding hydrogens is 1480 g/mol. The molecule has 12 aromatic rings. The molecule has 0 spiro atoms. The van der Waals surface area contributed by atoms with Crippen molar-refractivity contribution in [3.05, 3.63) is 200 Å². The summed E-state index contributed by atoms with van der Waals surface area (Å²) in [5, 5.41) is 2.40. The quantitative estimate of drug-likeness (QED) is 0.0702. The first kappa shape index (κ1) is 77.8. The van der Waals surface area contributed by atoms with Gasteiger partial charge in [0.1, 0.15) is 11.0 Å². The molecule has 13 nitrogen and oxygen atoms in total. The highest BCUT2D eigenvalue weighted by Gasteiger charge is 3.00. The van der Waals surface area contributed by atoms with E-state index in [0.717, 1.165) is 124 Å². The molecule has 3 aliphatic heterocycles. The highest BCUT2D eigenvalue weighted by molar-refractivity contribution is 6.19. The summed E-state index contributed by atoms with van der Waals surface area (Å²) in [5.41, 5.74) is 30.3. The van der Waals surface area contributed by atoms with Gasteiger partial charge in [0.05, 0.1) is 81.5 Å². The largest absolute Gasteiger partial charge is 0.467 e. The number of aromatic nitrogens is 8. The van der Waals surface area contributed by atoms with Crippen molar-refractivity contribution in [1.82, 2.24) is 39.9 Å². The van der Waals surface area contributed by atoms with Gasteiger partial charge in [0.25, 0.3) is 0 Å². The standard InChI is InChI=1S/C107H112N8O5/c1-98(2,3)56-37-52(38-57(45-56)99(4,5)6)80-70-31-32-71(108-70)81(53-39-58(100(7,8)9)46-59(40-53)101(10,11)12)73-34-36-75(110-73)83(55-43-62(104(19,20)21)48-63(44-55)105(22,23)24)93-95-94(92(115-93)82(74-35-33-72(80)109-74)54-41-60(102(13,14)15)47-61(42-54)103(16,17)18)113-78-50-76-77(51-79(78)114-95)112-91-67-30-28-65-84-64(27-29-66(87(67)84)90(91)111-76)85-68-49-69(86(65)85)89-88(68)106(96(116)118-25)107(89,120-106)97(117)119-26/h27-48,50-51,68-69,85-86,88-89,108,115H,49H2,1-26H3/t68-,69?,85-,86+,88?,89?,106?,107?/m0/s1. The zero-order chi connectivity index (χ0) is 85.0. The van der Waals surface area contributed by atoms with E-state index in [9.17, 15) is 9.59 Å². The molecule has 2 N–H and O–H groups in total. The van der Waals surface area contributed by atoms with E-state index >= 15 is 0 Å². The van der Waals surface area contributed by atoms with Crippen LogP contribution in [0.15, 0.2) is 121 Å². The summed E-state index contributed by atoms with van der Waals surface area (Å²) in [6, 6.07) is 46.7. The van der Waals surface area contributed by atoms with Crippen molar-refractivity contribution < 1.29 is 23.8 Å². The number of H-pyrrole nitrogens is 2. The number of rotatable bonds is 6. The smallest absolute Gasteiger partial charge is 0.342 e. The molecule has 8 atom stereocenters. The Morgan fingerprint density at radius 2 is 0.642 bits per heavy atom. The van der Waals surface area contributed by atoms with Crippen LogP contribution in [0.25, 0.3) is 157 Å². The van der Waals surface area contributed by atoms with Crippen LogP contribution in [0.1, 0.15) is 263 Å². The summed E-state index contributed by atoms with van der Waals surface area (Å²) in [4.78, 5) is 72.1. The Morgan fingerprint density at radius 3 is 0.942 bits per heavy atom. The van der Waals surface area contributed by atoms with Crippen molar-refractivity contribution in [1.29, 1.82) is 0 Å². The van der Waals surface area contributed by atoms with Crippen LogP contribution >= 0.6 is 0 Å². The highest BCUT2D eigenvalue weighted by Crippen LogP contribution is 2.86. The number of hydrogen-bond acceptors (Lipinski definition) is 11. The van der Waals surface area contributed by atoms with Crippen LogP contribution in [0.3, 0.4) is 0 Å². The fourth-order valence-electron chi connectivity index (χ4n) is 21.8. The normalized spacial score (nSPS) is 21.4. The number of nitrogens with zero attached hydrogens (tertiary/aromatic N) is 6. The van der Waals surface area contributed by atoms with E-state index in [2.05, 4.69) is 322 Å². The Morgan fingerprint density at radius 1 is 0.350 bits per heavy atom. The third-order valence-electron chi connectivity index (χ3n) is 28.4. The van der Waals surface area contributed by atoms with E-state index in [4.69, 9.17) is 44.1 Å². The Labute approximate surface area is 705 Å². The van der Waals surface area contributed by atoms with Gasteiger partial charge < -0.3 is 24.2 Å². The number of esters is 2. The molecule has 7 aromatic carbocycles. The number of fused-ring (bicyclic) bond motifs is 29. The molecule has 20 rings (SSSR count). The van der Waals surface area contributed by atoms with Crippen LogP contribution in [0.4, 0.5) is 0 Å². The summed E-state index contributed by atoms with van der Waals surface area (Å²) in [6.45, 7) is 55.5. The number of carbonyl (C=O) groups excluding carboxylic acids is 2. The predicted octanol–water partition coefficient (Wildman–Crippen LogP) is 25.5. The molecule has 13 heteroatoms. The molecule has 1 saturated heterocycles. The van der Waals surface area contributed by atoms with Crippen molar-refractivity contribution in [2.45, 2.75) is 239 Å². The number of methoxy groups -OCH3 is 2. The summed E-state index contributed by atoms with van der Waals surface area (Å²) in [6.07, 6.45) is 9.86. The first-order chi connectivity index (χ1) is 56.2. The average molecular weight is 1590 g/mol. The summed E-state index contributed by atoms with van der Waals surface area (Å²) >= 11 is 0. The minimum Gasteiger partial charge on any atom is -0.467 e. The van der Waals surface area contributed by atoms with E-state index in [1.54, 1.807) is 0 Å². The van der Waals surface area contributed by atoms with Gasteiger partial charge in [-0.1, -0.05) is 263 Å². The number of ether oxygens (including phenoxy) is 3. The zero-order valence-corrected chi connectivity index (χ0v) is 74.8. The lowest BCUT2D eigenvalue weighted by molar-refractivity contribution is -0.165. The van der Waals surface area contributed by atoms with Crippen LogP contribution in [-0.2, 0) is 67.1 Å². The van der Waals surface area contributed by atoms with E-state index in [0.29, 0.717) is 33.1 Å². The second-order valence-electron chi connectivity index (χ2n) is 44.3. The topological polar surface area (TPSA) is 174 Å². The maximum Gasteiger partial charge on any atom is 0.342 e. The van der Waals surface area contributed by atoms with Crippen molar-refractivity contribution in [2.75, 3.05) is 14.2 Å². The van der Waals surface area contributed by atoms with Gasteiger partial charge in [0.2, 0.25) is 11.2 Å². The molecule has 610 valence electrons. The lowest BCUT2D eigenvalue weighted by atomic mass is 9.48. The van der Waals surface area contributed by atoms with E-state index in [1.807, 2.05) is 0 Å². The van der Waals surface area contributed by atoms with Gasteiger partial charge in [-0.05, 0) is 205 Å². The second-order valence-corrected chi connectivity index (χ2v) is 44.3. The van der Waals surface area contributed by atoms with Gasteiger partial charge in [0.15, 0.2) is 0 Å². The van der Waals surface area contributed by atoms with Gasteiger partial charge >= 0.3 is 11.9 Å². The predicted molar refractivity (Wildman–Crippen MR) is 490 cm³/mol. The van der Waals surface area contributed by atoms with Crippen LogP contribution in [-0.4, -0.2) is 77.2 Å². The molecule has 3 saturated carbocycles. The number of hydrogen-bond donors (Lipinski definition) is 2. The van der Waals surface area contributed by atoms with E-state index in [1.165, 1.54) is 75.2 Å². The first-order valence-corrected chi connectivity index (χ1v) is 43.3. The summed E-state index contributed by atoms with van der Waals surface area (Å²) in [7, 11) is 2.78. The van der Waals surface area contributed by atoms with Gasteiger partial charge in [-0.15, -0.1) is 0 Å². The highest BCUT2D eigenvalue weighted by atomic mass is 16.7. The third kappa shape index (κ3) is 11.3. The van der Waals surface area contributed by atoms with Gasteiger partial charge in [-0.3, -0.25) is 0 Å². The Hall–Kier alpha value is -10.8. The molecule has 10 bridgehead atoms. The van der Waals surface area contributed by atoms with Crippen molar-refractivity contribution >= 4 is 102 Å². The lowest BCUT2D eigenvalue weighted by Crippen LogP contribution is -2.66. The van der Waals surface area contributed by atoms with Gasteiger partial charge in [-0.2, -0.15) is 0 Å². The van der Waals surface area contributed by atoms with E-state index in [-0.39, 0.29) is 78.8 Å². The molecule has 0 amide bonds. The molecule has 8 aliphatic rings. The molecule has 5 aromatic heterocycles. The third-order valence-corrected chi connectivity index (χ3v) is 28.4. The van der Waals surface area contributed by atoms with Crippen molar-refractivity contribution in [3.63, 3.8) is 0 Å². The fourth-order valence-corrected chi connectivity index (χ4v) is 21.8. The monoisotopic (exact) mass is 1590 g/mol. The molecule has 5 aliphatic carbocycles. The number of epoxide rings is 1. The van der Waals surface area contributed by atoms with Crippen LogP contribution < -0.4 is 0 Å². The Balaban J connectivity index is 0.918. The maximum atomic E-state index is 13.9. The Bertz CT molecular complexity index is 6360. The lowest BCUT2D eigenvalue weighted by Gasteiger charge is -2.49. The summed E-state index contributed by atoms with van der Waals surface area (Å²) < 4.78 is 17.3. The Kier molecular flexibility index (Phi) is 16.2. The maximum absolute atomic E-state index is 13.9. The molecule has 4 fully saturated rings. The fraction of sp³-hybridized carbons (Fsp3) is 0.402. The van der Waals surface area contributed by atoms with Crippen LogP contribution in [0.2, 0.25) is 0 Å². The molecule has 0 radical (unpaired) electrons. The van der Waals surface area contributed by atoms with Crippen LogP contribution in [0, 0.1) is 23.7 Å². The SMILES string of the molecule is COC(=O)C12OC1(C(=O)OC)C1C2C2C[C@H]1[C@@H]1c3ccc4c5c(ccc(c35)[C@H]21)-c1nc2cc3nc5c6[nH]c(c(-c7cc(C(C)(C)C)cc(C(C)(C)C)c7)c7nc(c(-c8cc(C(C)(C)C)cc(C(C)(C)C)c8)c8ccc([nH]8)c(-c8cc(C(C)(C)C)cc(C(C)(C)C)c8)c8nc(c6-c6cc(C(C)(C)C)cc(C(C)(C)C)c6)C=C8)C=C7)c5nc3cc2nc1-4.